The quantitative estimate of drug-likeness (QED) is 0.459. The zero-order chi connectivity index (χ0) is 17.2. The van der Waals surface area contributed by atoms with Gasteiger partial charge in [0.25, 0.3) is 0 Å². The maximum Gasteiger partial charge on any atom is 0.226 e. The first kappa shape index (κ1) is 17.7. The predicted molar refractivity (Wildman–Crippen MR) is 99.5 cm³/mol. The van der Waals surface area contributed by atoms with Gasteiger partial charge in [-0.3, -0.25) is 0 Å². The van der Waals surface area contributed by atoms with Crippen molar-refractivity contribution >= 4 is 36.5 Å². The third-order valence-electron chi connectivity index (χ3n) is 4.09. The average Bonchev–Trinajstić information content (AvgIpc) is 3.12. The number of nitrogens with one attached hydrogen (secondary N) is 1. The van der Waals surface area contributed by atoms with Crippen LogP contribution < -0.4 is 5.32 Å². The number of aromatic nitrogens is 3. The van der Waals surface area contributed by atoms with Crippen molar-refractivity contribution in [2.24, 2.45) is 0 Å². The van der Waals surface area contributed by atoms with Gasteiger partial charge in [0, 0.05) is 27.5 Å². The van der Waals surface area contributed by atoms with Gasteiger partial charge in [-0.15, -0.1) is 0 Å². The lowest BCUT2D eigenvalue weighted by molar-refractivity contribution is 0.0899. The number of ether oxygens (including phenoxy) is 2. The van der Waals surface area contributed by atoms with Crippen LogP contribution in [0.15, 0.2) is 12.3 Å². The maximum atomic E-state index is 6.12. The molecular formula is C16H25ClN4O2Si. The van der Waals surface area contributed by atoms with Crippen LogP contribution in [-0.2, 0) is 16.2 Å². The lowest BCUT2D eigenvalue weighted by Crippen LogP contribution is -2.22. The third kappa shape index (κ3) is 4.47. The fourth-order valence-corrected chi connectivity index (χ4v) is 3.56. The molecule has 1 N–H and O–H groups in total. The third-order valence-corrected chi connectivity index (χ3v) is 5.96. The van der Waals surface area contributed by atoms with Crippen LogP contribution in [0.2, 0.25) is 31.0 Å². The first-order valence-electron chi connectivity index (χ1n) is 8.37. The van der Waals surface area contributed by atoms with Crippen LogP contribution >= 0.6 is 11.6 Å². The predicted octanol–water partition coefficient (Wildman–Crippen LogP) is 3.60. The Morgan fingerprint density at radius 1 is 1.42 bits per heavy atom. The first-order chi connectivity index (χ1) is 11.4. The van der Waals surface area contributed by atoms with Crippen LogP contribution in [-0.4, -0.2) is 48.5 Å². The minimum Gasteiger partial charge on any atom is -0.379 e. The second-order valence-corrected chi connectivity index (χ2v) is 13.4. The highest BCUT2D eigenvalue weighted by Crippen LogP contribution is 2.25. The molecule has 8 heteroatoms. The van der Waals surface area contributed by atoms with Gasteiger partial charge in [-0.25, -0.2) is 4.98 Å². The van der Waals surface area contributed by atoms with E-state index >= 15 is 0 Å². The molecule has 0 aliphatic carbocycles. The lowest BCUT2D eigenvalue weighted by atomic mass is 10.2. The van der Waals surface area contributed by atoms with E-state index < -0.39 is 8.07 Å². The number of rotatable bonds is 7. The first-order valence-corrected chi connectivity index (χ1v) is 12.5. The topological polar surface area (TPSA) is 61.2 Å². The highest BCUT2D eigenvalue weighted by atomic mass is 35.5. The minimum atomic E-state index is -1.07. The summed E-state index contributed by atoms with van der Waals surface area (Å²) in [5.41, 5.74) is 0.796. The molecule has 24 heavy (non-hydrogen) atoms. The minimum absolute atomic E-state index is 0.242. The van der Waals surface area contributed by atoms with E-state index in [1.807, 2.05) is 16.8 Å². The van der Waals surface area contributed by atoms with Crippen molar-refractivity contribution in [3.05, 3.63) is 17.5 Å². The van der Waals surface area contributed by atoms with Crippen LogP contribution in [0.25, 0.3) is 11.0 Å². The number of nitrogens with zero attached hydrogens (tertiary/aromatic N) is 3. The van der Waals surface area contributed by atoms with Gasteiger partial charge in [-0.05, 0) is 30.1 Å². The van der Waals surface area contributed by atoms with Gasteiger partial charge in [0.2, 0.25) is 5.28 Å². The molecule has 1 atom stereocenters. The Bertz CT molecular complexity index is 695. The molecule has 0 unspecified atom stereocenters. The van der Waals surface area contributed by atoms with E-state index in [0.29, 0.717) is 13.3 Å². The molecule has 1 fully saturated rings. The molecule has 2 aromatic heterocycles. The highest BCUT2D eigenvalue weighted by Gasteiger charge is 2.19. The molecule has 1 aliphatic rings. The number of hydrogen-bond donors (Lipinski definition) is 1. The van der Waals surface area contributed by atoms with E-state index in [4.69, 9.17) is 21.1 Å². The molecule has 1 aliphatic heterocycles. The van der Waals surface area contributed by atoms with E-state index in [1.165, 1.54) is 0 Å². The van der Waals surface area contributed by atoms with Gasteiger partial charge in [-0.2, -0.15) is 4.98 Å². The fraction of sp³-hybridized carbons (Fsp3) is 0.625. The van der Waals surface area contributed by atoms with E-state index in [1.54, 1.807) is 0 Å². The van der Waals surface area contributed by atoms with Crippen molar-refractivity contribution in [1.82, 2.24) is 14.5 Å². The van der Waals surface area contributed by atoms with E-state index in [-0.39, 0.29) is 11.3 Å². The van der Waals surface area contributed by atoms with Gasteiger partial charge in [0.1, 0.15) is 18.2 Å². The van der Waals surface area contributed by atoms with Crippen LogP contribution in [0.5, 0.6) is 0 Å². The standard InChI is InChI=1S/C16H25ClN4O2Si/c1-24(2,3)9-8-23-11-21-6-4-13-14(18-12-5-7-22-10-12)19-16(17)20-15(13)21/h4,6,12H,5,7-11H2,1-3H3,(H,18,19,20)/t12-/m0/s1. The molecule has 0 spiro atoms. The summed E-state index contributed by atoms with van der Waals surface area (Å²) < 4.78 is 13.2. The Kier molecular flexibility index (Phi) is 5.44. The molecule has 0 aromatic carbocycles. The summed E-state index contributed by atoms with van der Waals surface area (Å²) >= 11 is 6.12. The number of fused-ring (bicyclic) bond motifs is 1. The van der Waals surface area contributed by atoms with Crippen molar-refractivity contribution in [1.29, 1.82) is 0 Å². The average molecular weight is 369 g/mol. The second-order valence-electron chi connectivity index (χ2n) is 7.42. The summed E-state index contributed by atoms with van der Waals surface area (Å²) in [6, 6.07) is 3.43. The lowest BCUT2D eigenvalue weighted by Gasteiger charge is -2.16. The Morgan fingerprint density at radius 3 is 2.96 bits per heavy atom. The molecule has 0 amide bonds. The van der Waals surface area contributed by atoms with E-state index in [2.05, 4.69) is 34.9 Å². The SMILES string of the molecule is C[Si](C)(C)CCOCn1ccc2c(N[C@H]3CCOC3)nc(Cl)nc21. The van der Waals surface area contributed by atoms with Crippen molar-refractivity contribution in [2.45, 2.75) is 44.9 Å². The van der Waals surface area contributed by atoms with Gasteiger partial charge in [0.15, 0.2) is 0 Å². The number of hydrogen-bond acceptors (Lipinski definition) is 5. The summed E-state index contributed by atoms with van der Waals surface area (Å²) in [5.74, 6) is 0.765. The maximum absolute atomic E-state index is 6.12. The van der Waals surface area contributed by atoms with Gasteiger partial charge in [0.05, 0.1) is 18.0 Å². The summed E-state index contributed by atoms with van der Waals surface area (Å²) in [7, 11) is -1.07. The fourth-order valence-electron chi connectivity index (χ4n) is 2.64. The van der Waals surface area contributed by atoms with Gasteiger partial charge < -0.3 is 19.4 Å². The molecule has 3 heterocycles. The van der Waals surface area contributed by atoms with Crippen molar-refractivity contribution < 1.29 is 9.47 Å². The van der Waals surface area contributed by atoms with Gasteiger partial charge >= 0.3 is 0 Å². The smallest absolute Gasteiger partial charge is 0.226 e. The number of halogens is 1. The zero-order valence-corrected chi connectivity index (χ0v) is 16.3. The Hall–Kier alpha value is -1.15. The van der Waals surface area contributed by atoms with E-state index in [9.17, 15) is 0 Å². The van der Waals surface area contributed by atoms with E-state index in [0.717, 1.165) is 42.5 Å². The summed E-state index contributed by atoms with van der Waals surface area (Å²) in [4.78, 5) is 8.72. The normalized spacial score (nSPS) is 18.4. The highest BCUT2D eigenvalue weighted by molar-refractivity contribution is 6.76. The van der Waals surface area contributed by atoms with Crippen molar-refractivity contribution in [2.75, 3.05) is 25.1 Å². The molecule has 132 valence electrons. The molecule has 2 aromatic rings. The largest absolute Gasteiger partial charge is 0.379 e. The molecule has 0 bridgehead atoms. The summed E-state index contributed by atoms with van der Waals surface area (Å²) in [6.45, 7) is 9.78. The Balaban J connectivity index is 1.72. The van der Waals surface area contributed by atoms with Crippen LogP contribution in [0.1, 0.15) is 6.42 Å². The molecule has 1 saturated heterocycles. The van der Waals surface area contributed by atoms with Crippen LogP contribution in [0, 0.1) is 0 Å². The monoisotopic (exact) mass is 368 g/mol. The Morgan fingerprint density at radius 2 is 2.25 bits per heavy atom. The summed E-state index contributed by atoms with van der Waals surface area (Å²) in [5, 5.41) is 4.62. The van der Waals surface area contributed by atoms with Crippen molar-refractivity contribution in [3.8, 4) is 0 Å². The zero-order valence-electron chi connectivity index (χ0n) is 14.5. The summed E-state index contributed by atoms with van der Waals surface area (Å²) in [6.07, 6.45) is 2.95. The van der Waals surface area contributed by atoms with Crippen LogP contribution in [0.4, 0.5) is 5.82 Å². The molecule has 0 saturated carbocycles. The second kappa shape index (κ2) is 7.39. The van der Waals surface area contributed by atoms with Crippen molar-refractivity contribution in [3.63, 3.8) is 0 Å². The van der Waals surface area contributed by atoms with Crippen LogP contribution in [0.3, 0.4) is 0 Å². The molecule has 0 radical (unpaired) electrons. The molecular weight excluding hydrogens is 344 g/mol. The van der Waals surface area contributed by atoms with Gasteiger partial charge in [-0.1, -0.05) is 19.6 Å². The Labute approximate surface area is 148 Å². The number of anilines is 1. The molecule has 3 rings (SSSR count). The molecule has 6 nitrogen and oxygen atoms in total.